The number of nitrogens with two attached hydrogens (primary N) is 1. The summed E-state index contributed by atoms with van der Waals surface area (Å²) in [4.78, 5) is 4.33. The Morgan fingerprint density at radius 3 is 2.79 bits per heavy atom. The van der Waals surface area contributed by atoms with Crippen LogP contribution in [0.5, 0.6) is 0 Å². The Bertz CT molecular complexity index is 741. The number of hydrogen-bond donors (Lipinski definition) is 1. The van der Waals surface area contributed by atoms with Crippen LogP contribution >= 0.6 is 0 Å². The topological polar surface area (TPSA) is 43.3 Å². The highest BCUT2D eigenvalue weighted by Gasteiger charge is 2.06. The number of imidazole rings is 1. The van der Waals surface area contributed by atoms with Crippen molar-refractivity contribution in [1.29, 1.82) is 0 Å². The molecule has 0 radical (unpaired) electrons. The zero-order chi connectivity index (χ0) is 13.4. The molecule has 3 heteroatoms. The van der Waals surface area contributed by atoms with Gasteiger partial charge in [0.25, 0.3) is 0 Å². The lowest BCUT2D eigenvalue weighted by Gasteiger charge is -2.08. The van der Waals surface area contributed by atoms with E-state index >= 15 is 0 Å². The Balaban J connectivity index is 2.18. The lowest BCUT2D eigenvalue weighted by atomic mass is 9.99. The monoisotopic (exact) mass is 251 g/mol. The first-order valence-corrected chi connectivity index (χ1v) is 6.43. The molecule has 0 amide bonds. The van der Waals surface area contributed by atoms with Crippen LogP contribution in [0.1, 0.15) is 17.0 Å². The van der Waals surface area contributed by atoms with Crippen LogP contribution in [0.4, 0.5) is 0 Å². The molecule has 2 N–H and O–H groups in total. The number of aryl methyl sites for hydroxylation is 2. The molecule has 96 valence electrons. The fourth-order valence-electron chi connectivity index (χ4n) is 2.42. The maximum absolute atomic E-state index is 5.67. The molecule has 19 heavy (non-hydrogen) atoms. The predicted molar refractivity (Wildman–Crippen MR) is 78.0 cm³/mol. The van der Waals surface area contributed by atoms with Crippen LogP contribution in [-0.2, 0) is 6.54 Å². The zero-order valence-electron chi connectivity index (χ0n) is 11.2. The van der Waals surface area contributed by atoms with E-state index in [4.69, 9.17) is 5.73 Å². The molecule has 0 saturated carbocycles. The van der Waals surface area contributed by atoms with Gasteiger partial charge >= 0.3 is 0 Å². The average Bonchev–Trinajstić information content (AvgIpc) is 2.83. The highest BCUT2D eigenvalue weighted by molar-refractivity contribution is 5.72. The van der Waals surface area contributed by atoms with E-state index in [0.717, 1.165) is 11.3 Å². The summed E-state index contributed by atoms with van der Waals surface area (Å²) in [6, 6.07) is 10.8. The summed E-state index contributed by atoms with van der Waals surface area (Å²) in [5.41, 5.74) is 11.8. The SMILES string of the molecule is Cc1ccc(C)c(-c2ccn3c(CN)ncc3c2)c1. The van der Waals surface area contributed by atoms with Gasteiger partial charge in [-0.1, -0.05) is 23.8 Å². The van der Waals surface area contributed by atoms with Gasteiger partial charge in [-0.25, -0.2) is 4.98 Å². The number of fused-ring (bicyclic) bond motifs is 1. The fraction of sp³-hybridized carbons (Fsp3) is 0.188. The molecule has 3 rings (SSSR count). The maximum atomic E-state index is 5.67. The van der Waals surface area contributed by atoms with Crippen LogP contribution in [0.15, 0.2) is 42.7 Å². The first-order valence-electron chi connectivity index (χ1n) is 6.43. The largest absolute Gasteiger partial charge is 0.324 e. The molecule has 1 aromatic carbocycles. The summed E-state index contributed by atoms with van der Waals surface area (Å²) < 4.78 is 2.04. The van der Waals surface area contributed by atoms with E-state index < -0.39 is 0 Å². The Hall–Kier alpha value is -2.13. The third kappa shape index (κ3) is 2.02. The number of rotatable bonds is 2. The molecule has 0 unspecified atom stereocenters. The standard InChI is InChI=1S/C16H17N3/c1-11-3-4-12(2)15(7-11)13-5-6-19-14(8-13)10-18-16(19)9-17/h3-8,10H,9,17H2,1-2H3. The maximum Gasteiger partial charge on any atom is 0.127 e. The van der Waals surface area contributed by atoms with E-state index in [1.54, 1.807) is 0 Å². The smallest absolute Gasteiger partial charge is 0.127 e. The fourth-order valence-corrected chi connectivity index (χ4v) is 2.42. The first-order chi connectivity index (χ1) is 9.19. The van der Waals surface area contributed by atoms with Crippen LogP contribution in [0.3, 0.4) is 0 Å². The van der Waals surface area contributed by atoms with Crippen molar-refractivity contribution in [3.8, 4) is 11.1 Å². The molecule has 3 aromatic rings. The van der Waals surface area contributed by atoms with Gasteiger partial charge in [0.15, 0.2) is 0 Å². The van der Waals surface area contributed by atoms with Gasteiger partial charge < -0.3 is 10.1 Å². The molecular formula is C16H17N3. The van der Waals surface area contributed by atoms with Crippen molar-refractivity contribution < 1.29 is 0 Å². The number of benzene rings is 1. The highest BCUT2D eigenvalue weighted by atomic mass is 15.0. The summed E-state index contributed by atoms with van der Waals surface area (Å²) in [5.74, 6) is 0.891. The molecule has 2 heterocycles. The third-order valence-electron chi connectivity index (χ3n) is 3.50. The van der Waals surface area contributed by atoms with Crippen molar-refractivity contribution in [2.24, 2.45) is 5.73 Å². The van der Waals surface area contributed by atoms with Crippen molar-refractivity contribution in [1.82, 2.24) is 9.38 Å². The van der Waals surface area contributed by atoms with Gasteiger partial charge in [0.2, 0.25) is 0 Å². The van der Waals surface area contributed by atoms with Crippen molar-refractivity contribution in [3.05, 3.63) is 59.7 Å². The minimum absolute atomic E-state index is 0.455. The third-order valence-corrected chi connectivity index (χ3v) is 3.50. The van der Waals surface area contributed by atoms with E-state index in [-0.39, 0.29) is 0 Å². The number of nitrogens with zero attached hydrogens (tertiary/aromatic N) is 2. The molecule has 0 aliphatic carbocycles. The lowest BCUT2D eigenvalue weighted by molar-refractivity contribution is 0.904. The second kappa shape index (κ2) is 4.52. The van der Waals surface area contributed by atoms with Gasteiger partial charge in [0.05, 0.1) is 18.3 Å². The van der Waals surface area contributed by atoms with Crippen molar-refractivity contribution in [3.63, 3.8) is 0 Å². The molecular weight excluding hydrogens is 234 g/mol. The Labute approximate surface area is 112 Å². The van der Waals surface area contributed by atoms with Gasteiger partial charge in [0.1, 0.15) is 5.82 Å². The van der Waals surface area contributed by atoms with Crippen molar-refractivity contribution in [2.75, 3.05) is 0 Å². The van der Waals surface area contributed by atoms with Gasteiger partial charge in [-0.2, -0.15) is 0 Å². The van der Waals surface area contributed by atoms with E-state index in [9.17, 15) is 0 Å². The second-order valence-electron chi connectivity index (χ2n) is 4.91. The molecule has 0 fully saturated rings. The molecule has 2 aromatic heterocycles. The molecule has 3 nitrogen and oxygen atoms in total. The Morgan fingerprint density at radius 1 is 1.16 bits per heavy atom. The molecule has 0 aliphatic heterocycles. The minimum atomic E-state index is 0.455. The van der Waals surface area contributed by atoms with Crippen molar-refractivity contribution in [2.45, 2.75) is 20.4 Å². The lowest BCUT2D eigenvalue weighted by Crippen LogP contribution is -2.02. The van der Waals surface area contributed by atoms with Crippen LogP contribution in [0.2, 0.25) is 0 Å². The second-order valence-corrected chi connectivity index (χ2v) is 4.91. The number of aromatic nitrogens is 2. The number of hydrogen-bond acceptors (Lipinski definition) is 2. The van der Waals surface area contributed by atoms with Gasteiger partial charge in [-0.3, -0.25) is 0 Å². The normalized spacial score (nSPS) is 11.1. The van der Waals surface area contributed by atoms with Crippen LogP contribution in [-0.4, -0.2) is 9.38 Å². The average molecular weight is 251 g/mol. The van der Waals surface area contributed by atoms with Crippen LogP contribution in [0.25, 0.3) is 16.6 Å². The van der Waals surface area contributed by atoms with Crippen LogP contribution < -0.4 is 5.73 Å². The Kier molecular flexibility index (Phi) is 2.84. The summed E-state index contributed by atoms with van der Waals surface area (Å²) in [5, 5.41) is 0. The predicted octanol–water partition coefficient (Wildman–Crippen LogP) is 3.08. The molecule has 0 saturated heterocycles. The first kappa shape index (κ1) is 11.9. The summed E-state index contributed by atoms with van der Waals surface area (Å²) in [6.45, 7) is 4.71. The van der Waals surface area contributed by atoms with Crippen LogP contribution in [0, 0.1) is 13.8 Å². The zero-order valence-corrected chi connectivity index (χ0v) is 11.2. The van der Waals surface area contributed by atoms with E-state index in [1.165, 1.54) is 22.3 Å². The van der Waals surface area contributed by atoms with Crippen molar-refractivity contribution >= 4 is 5.52 Å². The van der Waals surface area contributed by atoms with E-state index in [1.807, 2.05) is 16.8 Å². The molecule has 0 atom stereocenters. The Morgan fingerprint density at radius 2 is 2.00 bits per heavy atom. The van der Waals surface area contributed by atoms with Gasteiger partial charge in [-0.05, 0) is 42.7 Å². The summed E-state index contributed by atoms with van der Waals surface area (Å²) in [7, 11) is 0. The quantitative estimate of drug-likeness (QED) is 0.760. The van der Waals surface area contributed by atoms with E-state index in [0.29, 0.717) is 6.54 Å². The summed E-state index contributed by atoms with van der Waals surface area (Å²) in [6.07, 6.45) is 3.92. The highest BCUT2D eigenvalue weighted by Crippen LogP contribution is 2.25. The molecule has 0 aliphatic rings. The van der Waals surface area contributed by atoms with E-state index in [2.05, 4.69) is 49.2 Å². The van der Waals surface area contributed by atoms with Gasteiger partial charge in [-0.15, -0.1) is 0 Å². The number of pyridine rings is 1. The molecule has 0 bridgehead atoms. The van der Waals surface area contributed by atoms with Gasteiger partial charge in [0, 0.05) is 6.20 Å². The summed E-state index contributed by atoms with van der Waals surface area (Å²) >= 11 is 0. The molecule has 0 spiro atoms. The minimum Gasteiger partial charge on any atom is -0.324 e.